The average molecular weight is 790 g/mol. The molecule has 0 saturated carbocycles. The van der Waals surface area contributed by atoms with E-state index in [1.807, 2.05) is 0 Å². The maximum Gasteiger partial charge on any atom is 0.0618 e. The van der Waals surface area contributed by atoms with Gasteiger partial charge in [-0.1, -0.05) is 224 Å². The second kappa shape index (κ2) is 14.8. The van der Waals surface area contributed by atoms with E-state index in [9.17, 15) is 0 Å². The molecule has 3 aliphatic carbocycles. The molecule has 9 aromatic carbocycles. The largest absolute Gasteiger partial charge is 0.309 e. The van der Waals surface area contributed by atoms with Crippen LogP contribution in [0.3, 0.4) is 0 Å². The van der Waals surface area contributed by atoms with Crippen molar-refractivity contribution in [3.63, 3.8) is 0 Å². The highest BCUT2D eigenvalue weighted by Crippen LogP contribution is 2.67. The van der Waals surface area contributed by atoms with Crippen molar-refractivity contribution in [1.29, 1.82) is 0 Å². The Morgan fingerprint density at radius 2 is 0.839 bits per heavy atom. The zero-order valence-electron chi connectivity index (χ0n) is 34.3. The van der Waals surface area contributed by atoms with Gasteiger partial charge < -0.3 is 4.90 Å². The Morgan fingerprint density at radius 1 is 0.355 bits per heavy atom. The van der Waals surface area contributed by atoms with Gasteiger partial charge in [0.2, 0.25) is 0 Å². The second-order valence-corrected chi connectivity index (χ2v) is 16.7. The van der Waals surface area contributed by atoms with Gasteiger partial charge in [-0.2, -0.15) is 0 Å². The maximum absolute atomic E-state index is 2.60. The molecular weight excluding hydrogens is 747 g/mol. The molecule has 0 bridgehead atoms. The Morgan fingerprint density at radius 3 is 1.47 bits per heavy atom. The van der Waals surface area contributed by atoms with Crippen LogP contribution in [0.15, 0.2) is 249 Å². The summed E-state index contributed by atoms with van der Waals surface area (Å²) >= 11 is 0. The number of hydrogen-bond acceptors (Lipinski definition) is 1. The number of anilines is 3. The molecule has 0 saturated heterocycles. The van der Waals surface area contributed by atoms with E-state index in [0.29, 0.717) is 0 Å². The summed E-state index contributed by atoms with van der Waals surface area (Å²) in [5, 5.41) is 0. The Bertz CT molecular complexity index is 3070. The molecule has 0 amide bonds. The van der Waals surface area contributed by atoms with Crippen LogP contribution in [0.4, 0.5) is 17.1 Å². The first-order chi connectivity index (χ1) is 30.8. The van der Waals surface area contributed by atoms with Crippen LogP contribution >= 0.6 is 0 Å². The van der Waals surface area contributed by atoms with Crippen LogP contribution in [0.25, 0.3) is 55.6 Å². The first-order valence-electron chi connectivity index (χ1n) is 21.8. The standard InChI is InChI=1S/C61H43N/c1-5-21-42(22-6-1)46-39-47(43-23-7-2-8-24-43)41-48(40-46)62(60-49(44-25-9-3-10-26-44)32-19-33-50(60)45-27-11-4-12-28-45)58-38-20-37-57-59(58)53-31-15-18-36-56(53)61(57)54-34-16-13-29-51(54)52-30-14-17-35-55(52)61/h1-41,51,54H. The van der Waals surface area contributed by atoms with Gasteiger partial charge >= 0.3 is 0 Å². The van der Waals surface area contributed by atoms with E-state index < -0.39 is 0 Å². The zero-order chi connectivity index (χ0) is 41.0. The van der Waals surface area contributed by atoms with E-state index in [-0.39, 0.29) is 17.3 Å². The number of benzene rings is 9. The highest BCUT2D eigenvalue weighted by atomic mass is 15.2. The van der Waals surface area contributed by atoms with Gasteiger partial charge in [-0.15, -0.1) is 0 Å². The summed E-state index contributed by atoms with van der Waals surface area (Å²) in [6.07, 6.45) is 9.42. The normalized spacial score (nSPS) is 17.6. The Kier molecular flexibility index (Phi) is 8.61. The summed E-state index contributed by atoms with van der Waals surface area (Å²) in [7, 11) is 0. The van der Waals surface area contributed by atoms with Crippen molar-refractivity contribution < 1.29 is 0 Å². The molecule has 0 radical (unpaired) electrons. The lowest BCUT2D eigenvalue weighted by Crippen LogP contribution is -2.33. The highest BCUT2D eigenvalue weighted by Gasteiger charge is 2.57. The minimum Gasteiger partial charge on any atom is -0.309 e. The van der Waals surface area contributed by atoms with E-state index in [1.165, 1.54) is 77.9 Å². The molecule has 9 aromatic rings. The molecule has 0 aliphatic heterocycles. The van der Waals surface area contributed by atoms with Gasteiger partial charge in [0.15, 0.2) is 0 Å². The van der Waals surface area contributed by atoms with Crippen LogP contribution in [0.5, 0.6) is 0 Å². The summed E-state index contributed by atoms with van der Waals surface area (Å²) in [5.74, 6) is 0.521. The van der Waals surface area contributed by atoms with Crippen LogP contribution in [-0.4, -0.2) is 0 Å². The number of para-hydroxylation sites is 1. The number of fused-ring (bicyclic) bond motifs is 10. The summed E-state index contributed by atoms with van der Waals surface area (Å²) in [4.78, 5) is 2.60. The Hall–Kier alpha value is -7.74. The predicted molar refractivity (Wildman–Crippen MR) is 259 cm³/mol. The van der Waals surface area contributed by atoms with E-state index in [0.717, 1.165) is 17.1 Å². The lowest BCUT2D eigenvalue weighted by molar-refractivity contribution is 0.465. The smallest absolute Gasteiger partial charge is 0.0618 e. The van der Waals surface area contributed by atoms with E-state index in [1.54, 1.807) is 0 Å². The molecule has 3 atom stereocenters. The summed E-state index contributed by atoms with van der Waals surface area (Å²) in [6, 6.07) is 83.1. The van der Waals surface area contributed by atoms with Gasteiger partial charge in [-0.05, 0) is 85.5 Å². The van der Waals surface area contributed by atoms with Gasteiger partial charge in [0.25, 0.3) is 0 Å². The van der Waals surface area contributed by atoms with Crippen LogP contribution in [0.1, 0.15) is 28.2 Å². The third kappa shape index (κ3) is 5.55. The Balaban J connectivity index is 1.23. The summed E-state index contributed by atoms with van der Waals surface area (Å²) in [6.45, 7) is 0. The fourth-order valence-corrected chi connectivity index (χ4v) is 11.0. The second-order valence-electron chi connectivity index (χ2n) is 16.7. The average Bonchev–Trinajstić information content (AvgIpc) is 3.83. The lowest BCUT2D eigenvalue weighted by Gasteiger charge is -2.37. The quantitative estimate of drug-likeness (QED) is 0.155. The molecular formula is C61H43N. The molecule has 12 rings (SSSR count). The molecule has 1 spiro atoms. The fraction of sp³-hybridized carbons (Fsp3) is 0.0492. The highest BCUT2D eigenvalue weighted by molar-refractivity contribution is 6.04. The number of hydrogen-bond donors (Lipinski definition) is 0. The van der Waals surface area contributed by atoms with Gasteiger partial charge in [0, 0.05) is 34.2 Å². The van der Waals surface area contributed by atoms with Crippen LogP contribution in [0.2, 0.25) is 0 Å². The van der Waals surface area contributed by atoms with Crippen molar-refractivity contribution in [3.05, 3.63) is 271 Å². The van der Waals surface area contributed by atoms with Crippen molar-refractivity contribution in [1.82, 2.24) is 0 Å². The van der Waals surface area contributed by atoms with Crippen LogP contribution in [0, 0.1) is 5.92 Å². The molecule has 1 heteroatoms. The Labute approximate surface area is 364 Å². The van der Waals surface area contributed by atoms with Crippen molar-refractivity contribution in [2.45, 2.75) is 11.3 Å². The maximum atomic E-state index is 2.60. The molecule has 3 unspecified atom stereocenters. The van der Waals surface area contributed by atoms with Crippen molar-refractivity contribution in [2.75, 3.05) is 4.90 Å². The van der Waals surface area contributed by atoms with Crippen molar-refractivity contribution in [2.24, 2.45) is 5.92 Å². The third-order valence-corrected chi connectivity index (χ3v) is 13.5. The summed E-state index contributed by atoms with van der Waals surface area (Å²) < 4.78 is 0. The van der Waals surface area contributed by atoms with E-state index in [4.69, 9.17) is 0 Å². The minimum atomic E-state index is -0.363. The third-order valence-electron chi connectivity index (χ3n) is 13.5. The molecule has 1 nitrogen and oxygen atoms in total. The molecule has 3 aliphatic rings. The van der Waals surface area contributed by atoms with Gasteiger partial charge in [0.05, 0.1) is 16.8 Å². The zero-order valence-corrected chi connectivity index (χ0v) is 34.3. The van der Waals surface area contributed by atoms with Gasteiger partial charge in [0.1, 0.15) is 0 Å². The number of nitrogens with zero attached hydrogens (tertiary/aromatic N) is 1. The SMILES string of the molecule is C1=CC2c3ccccc3C3(c4ccccc4-c4c(N(c5cc(-c6ccccc6)cc(-c6ccccc6)c5)c5c(-c6ccccc6)cccc5-c5ccccc5)cccc43)C2C=C1. The first kappa shape index (κ1) is 36.1. The molecule has 292 valence electrons. The van der Waals surface area contributed by atoms with Crippen molar-refractivity contribution in [3.8, 4) is 55.6 Å². The minimum absolute atomic E-state index is 0.235. The fourth-order valence-electron chi connectivity index (χ4n) is 11.0. The predicted octanol–water partition coefficient (Wildman–Crippen LogP) is 16.0. The first-order valence-corrected chi connectivity index (χ1v) is 21.8. The van der Waals surface area contributed by atoms with Crippen LogP contribution in [-0.2, 0) is 5.41 Å². The van der Waals surface area contributed by atoms with Crippen LogP contribution < -0.4 is 4.90 Å². The van der Waals surface area contributed by atoms with E-state index >= 15 is 0 Å². The van der Waals surface area contributed by atoms with E-state index in [2.05, 4.69) is 254 Å². The van der Waals surface area contributed by atoms with Gasteiger partial charge in [-0.25, -0.2) is 0 Å². The number of allylic oxidation sites excluding steroid dienone is 4. The molecule has 62 heavy (non-hydrogen) atoms. The lowest BCUT2D eigenvalue weighted by atomic mass is 9.65. The monoisotopic (exact) mass is 789 g/mol. The molecule has 0 heterocycles. The summed E-state index contributed by atoms with van der Waals surface area (Å²) in [5.41, 5.74) is 20.6. The molecule has 0 aromatic heterocycles. The molecule has 0 fully saturated rings. The van der Waals surface area contributed by atoms with Crippen molar-refractivity contribution >= 4 is 17.1 Å². The molecule has 0 N–H and O–H groups in total. The topological polar surface area (TPSA) is 3.24 Å². The van der Waals surface area contributed by atoms with Gasteiger partial charge in [-0.3, -0.25) is 0 Å². The number of rotatable bonds is 7.